The number of allylic oxidation sites excluding steroid dienone is 9. The van der Waals surface area contributed by atoms with Gasteiger partial charge in [0.05, 0.1) is 12.7 Å². The average Bonchev–Trinajstić information content (AvgIpc) is 3.20. The average molecular weight is 886 g/mol. The summed E-state index contributed by atoms with van der Waals surface area (Å²) in [6.07, 6.45) is 41.2. The molecule has 0 saturated heterocycles. The van der Waals surface area contributed by atoms with Crippen molar-refractivity contribution in [3.05, 3.63) is 60.8 Å². The number of carboxylic acids is 1. The molecule has 12 nitrogen and oxygen atoms in total. The highest BCUT2D eigenvalue weighted by molar-refractivity contribution is 8.00. The molecule has 4 atom stereocenters. The van der Waals surface area contributed by atoms with Crippen LogP contribution in [-0.2, 0) is 32.9 Å². The first-order valence-corrected chi connectivity index (χ1v) is 25.1. The molecule has 60 heavy (non-hydrogen) atoms. The first kappa shape index (κ1) is 57.5. The lowest BCUT2D eigenvalue weighted by Gasteiger charge is -2.22. The maximum Gasteiger partial charge on any atom is 0.469 e. The summed E-state index contributed by atoms with van der Waals surface area (Å²) < 4.78 is 26.5. The van der Waals surface area contributed by atoms with Gasteiger partial charge in [0.25, 0.3) is 0 Å². The second-order valence-corrected chi connectivity index (χ2v) is 17.7. The van der Waals surface area contributed by atoms with E-state index in [1.165, 1.54) is 88.8 Å². The molecule has 0 aromatic carbocycles. The van der Waals surface area contributed by atoms with Crippen molar-refractivity contribution < 1.29 is 52.9 Å². The molecule has 0 spiro atoms. The van der Waals surface area contributed by atoms with Crippen molar-refractivity contribution in [1.82, 2.24) is 0 Å². The second-order valence-electron chi connectivity index (χ2n) is 15.2. The Kier molecular flexibility index (Phi) is 38.9. The highest BCUT2D eigenvalue weighted by Gasteiger charge is 2.26. The number of phosphoric acid groups is 1. The number of phosphoric ester groups is 1. The number of nitrogens with two attached hydrogens (primary N) is 1. The summed E-state index contributed by atoms with van der Waals surface area (Å²) in [6, 6.07) is -1.14. The number of ether oxygens (including phenoxy) is 2. The number of aliphatic carboxylic acids is 1. The Bertz CT molecular complexity index is 1280. The highest BCUT2D eigenvalue weighted by Crippen LogP contribution is 2.36. The summed E-state index contributed by atoms with van der Waals surface area (Å²) in [5.74, 6) is -2.35. The van der Waals surface area contributed by atoms with E-state index in [1.807, 2.05) is 24.3 Å². The van der Waals surface area contributed by atoms with Gasteiger partial charge < -0.3 is 35.2 Å². The van der Waals surface area contributed by atoms with Crippen LogP contribution in [0.25, 0.3) is 0 Å². The van der Waals surface area contributed by atoms with Crippen molar-refractivity contribution in [3.63, 3.8) is 0 Å². The molecule has 0 aromatic heterocycles. The molecule has 0 rings (SSSR count). The van der Waals surface area contributed by atoms with Crippen LogP contribution in [0, 0.1) is 0 Å². The number of thioether (sulfide) groups is 1. The Hall–Kier alpha value is -2.51. The Balaban J connectivity index is 4.78. The lowest BCUT2D eigenvalue weighted by Crippen LogP contribution is -2.38. The number of esters is 2. The molecule has 0 aliphatic heterocycles. The van der Waals surface area contributed by atoms with Crippen LogP contribution in [0.5, 0.6) is 0 Å². The molecule has 346 valence electrons. The number of unbranched alkanes of at least 4 members (excludes halogenated alkanes) is 16. The van der Waals surface area contributed by atoms with E-state index in [9.17, 15) is 33.8 Å². The molecule has 0 heterocycles. The molecule has 0 fully saturated rings. The summed E-state index contributed by atoms with van der Waals surface area (Å²) in [5.41, 5.74) is 6.11. The Morgan fingerprint density at radius 2 is 1.23 bits per heavy atom. The SMILES string of the molecule is CCCCC/C=C\C\C=C/C=C/C=C/[C@@H](SC[C@H](N)C(=O)OC[C@H](COP(=O)(O)O)OC(=O)CCCCCCCCC/C=C\CCCCCCCC)[C@@H](O)CCCC(=O)O. The summed E-state index contributed by atoms with van der Waals surface area (Å²) in [6.45, 7) is 3.21. The predicted octanol–water partition coefficient (Wildman–Crippen LogP) is 10.6. The standard InChI is InChI=1S/C46H80NO11PS/c1-3-5-7-9-11-13-15-17-18-19-20-21-23-25-27-29-31-36-45(51)58-40(38-57-59(53,54)55)37-56-46(52)41(47)39-60-43(42(48)33-32-35-44(49)50)34-30-28-26-24-22-16-14-12-10-8-6-4-2/h12,14,17-18,22,24,26,28,30,34,40-43,48H,3-11,13,15-16,19-21,23,25,27,29,31-33,35-39,47H2,1-2H3,(H,49,50)(H2,53,54,55)/b14-12-,18-17-,24-22-,28-26+,34-30+/t40-,41+,42+,43-/m1/s1. The normalized spacial score (nSPS) is 14.5. The largest absolute Gasteiger partial charge is 0.481 e. The zero-order chi connectivity index (χ0) is 44.5. The third-order valence-corrected chi connectivity index (χ3v) is 11.4. The minimum absolute atomic E-state index is 0.0395. The van der Waals surface area contributed by atoms with Gasteiger partial charge in [0.1, 0.15) is 12.6 Å². The van der Waals surface area contributed by atoms with Crippen LogP contribution < -0.4 is 5.73 Å². The summed E-state index contributed by atoms with van der Waals surface area (Å²) in [7, 11) is -4.89. The van der Waals surface area contributed by atoms with Crippen LogP contribution in [0.2, 0.25) is 0 Å². The Morgan fingerprint density at radius 1 is 0.683 bits per heavy atom. The third kappa shape index (κ3) is 39.6. The van der Waals surface area contributed by atoms with Gasteiger partial charge in [0.2, 0.25) is 0 Å². The van der Waals surface area contributed by atoms with Gasteiger partial charge in [-0.1, -0.05) is 152 Å². The first-order valence-electron chi connectivity index (χ1n) is 22.5. The number of carbonyl (C=O) groups is 3. The summed E-state index contributed by atoms with van der Waals surface area (Å²) >= 11 is 1.20. The number of hydrogen-bond acceptors (Lipinski definition) is 10. The fraction of sp³-hybridized carbons (Fsp3) is 0.717. The third-order valence-electron chi connectivity index (χ3n) is 9.51. The van der Waals surface area contributed by atoms with E-state index in [2.05, 4.69) is 42.7 Å². The van der Waals surface area contributed by atoms with Crippen LogP contribution in [-0.4, -0.2) is 80.4 Å². The molecule has 0 unspecified atom stereocenters. The van der Waals surface area contributed by atoms with E-state index in [0.29, 0.717) is 6.42 Å². The number of aliphatic hydroxyl groups is 1. The van der Waals surface area contributed by atoms with Crippen molar-refractivity contribution in [2.75, 3.05) is 19.0 Å². The van der Waals surface area contributed by atoms with Gasteiger partial charge in [-0.3, -0.25) is 18.9 Å². The minimum atomic E-state index is -4.89. The fourth-order valence-electron chi connectivity index (χ4n) is 5.99. The van der Waals surface area contributed by atoms with Crippen LogP contribution in [0.15, 0.2) is 60.8 Å². The maximum absolute atomic E-state index is 12.8. The summed E-state index contributed by atoms with van der Waals surface area (Å²) in [4.78, 5) is 54.8. The number of aliphatic hydroxyl groups excluding tert-OH is 1. The van der Waals surface area contributed by atoms with Gasteiger partial charge in [-0.15, -0.1) is 11.8 Å². The maximum atomic E-state index is 12.8. The number of carboxylic acid groups (broad SMARTS) is 1. The van der Waals surface area contributed by atoms with Crippen LogP contribution in [0.1, 0.15) is 168 Å². The molecule has 6 N–H and O–H groups in total. The van der Waals surface area contributed by atoms with Crippen LogP contribution in [0.4, 0.5) is 0 Å². The summed E-state index contributed by atoms with van der Waals surface area (Å²) in [5, 5.41) is 19.3. The molecule has 0 aromatic rings. The van der Waals surface area contributed by atoms with E-state index >= 15 is 0 Å². The van der Waals surface area contributed by atoms with Crippen molar-refractivity contribution in [1.29, 1.82) is 0 Å². The smallest absolute Gasteiger partial charge is 0.469 e. The number of rotatable bonds is 41. The van der Waals surface area contributed by atoms with E-state index < -0.39 is 62.4 Å². The van der Waals surface area contributed by atoms with Crippen LogP contribution in [0.3, 0.4) is 0 Å². The van der Waals surface area contributed by atoms with E-state index in [4.69, 9.17) is 20.3 Å². The highest BCUT2D eigenvalue weighted by atomic mass is 32.2. The topological polar surface area (TPSA) is 203 Å². The predicted molar refractivity (Wildman–Crippen MR) is 245 cm³/mol. The minimum Gasteiger partial charge on any atom is -0.481 e. The lowest BCUT2D eigenvalue weighted by atomic mass is 10.1. The van der Waals surface area contributed by atoms with Gasteiger partial charge in [-0.2, -0.15) is 0 Å². The van der Waals surface area contributed by atoms with Gasteiger partial charge >= 0.3 is 25.7 Å². The van der Waals surface area contributed by atoms with E-state index in [0.717, 1.165) is 44.9 Å². The Morgan fingerprint density at radius 3 is 1.85 bits per heavy atom. The van der Waals surface area contributed by atoms with Crippen LogP contribution >= 0.6 is 19.6 Å². The molecule has 0 saturated carbocycles. The van der Waals surface area contributed by atoms with E-state index in [1.54, 1.807) is 12.2 Å². The quantitative estimate of drug-likeness (QED) is 0.0128. The van der Waals surface area contributed by atoms with Gasteiger partial charge in [0.15, 0.2) is 6.10 Å². The van der Waals surface area contributed by atoms with Crippen molar-refractivity contribution >= 4 is 37.5 Å². The Labute approximate surface area is 366 Å². The second kappa shape index (κ2) is 40.6. The van der Waals surface area contributed by atoms with Gasteiger partial charge in [-0.25, -0.2) is 4.57 Å². The van der Waals surface area contributed by atoms with Crippen molar-refractivity contribution in [3.8, 4) is 0 Å². The molecule has 0 bridgehead atoms. The molecule has 14 heteroatoms. The first-order chi connectivity index (χ1) is 28.9. The van der Waals surface area contributed by atoms with E-state index in [-0.39, 0.29) is 31.4 Å². The molecular weight excluding hydrogens is 806 g/mol. The lowest BCUT2D eigenvalue weighted by molar-refractivity contribution is -0.161. The number of carbonyl (C=O) groups excluding carboxylic acids is 2. The zero-order valence-electron chi connectivity index (χ0n) is 36.8. The molecule has 0 radical (unpaired) electrons. The molecule has 0 amide bonds. The van der Waals surface area contributed by atoms with Gasteiger partial charge in [-0.05, 0) is 64.2 Å². The fourth-order valence-corrected chi connectivity index (χ4v) is 7.47. The zero-order valence-corrected chi connectivity index (χ0v) is 38.5. The van der Waals surface area contributed by atoms with Crippen molar-refractivity contribution in [2.45, 2.75) is 191 Å². The van der Waals surface area contributed by atoms with Gasteiger partial charge in [0, 0.05) is 23.8 Å². The molecule has 0 aliphatic rings. The monoisotopic (exact) mass is 886 g/mol. The van der Waals surface area contributed by atoms with Crippen molar-refractivity contribution in [2.24, 2.45) is 5.73 Å². The molecule has 0 aliphatic carbocycles. The molecular formula is C46H80NO11PS. The number of hydrogen-bond donors (Lipinski definition) is 5.